The molecule has 6 heteroatoms. The first-order chi connectivity index (χ1) is 12.4. The third-order valence-electron chi connectivity index (χ3n) is 5.79. The molecule has 26 heavy (non-hydrogen) atoms. The minimum atomic E-state index is -0.626. The van der Waals surface area contributed by atoms with E-state index in [1.165, 1.54) is 14.2 Å². The van der Waals surface area contributed by atoms with Crippen molar-refractivity contribution >= 4 is 17.7 Å². The predicted molar refractivity (Wildman–Crippen MR) is 96.6 cm³/mol. The van der Waals surface area contributed by atoms with E-state index in [9.17, 15) is 9.59 Å². The van der Waals surface area contributed by atoms with Gasteiger partial charge in [-0.2, -0.15) is 0 Å². The summed E-state index contributed by atoms with van der Waals surface area (Å²) < 4.78 is 15.6. The molecule has 1 aliphatic carbocycles. The Labute approximate surface area is 153 Å². The molecule has 2 bridgehead atoms. The van der Waals surface area contributed by atoms with Gasteiger partial charge in [0.05, 0.1) is 32.8 Å². The second kappa shape index (κ2) is 6.74. The molecule has 1 aliphatic heterocycles. The van der Waals surface area contributed by atoms with Crippen molar-refractivity contribution in [3.8, 4) is 5.75 Å². The smallest absolute Gasteiger partial charge is 0.315 e. The number of fused-ring (bicyclic) bond motifs is 4. The number of aliphatic imine (C=N–C) groups is 1. The Kier molecular flexibility index (Phi) is 4.78. The number of hydrogen-bond acceptors (Lipinski definition) is 6. The van der Waals surface area contributed by atoms with Crippen LogP contribution < -0.4 is 4.74 Å². The average Bonchev–Trinajstić information content (AvgIpc) is 2.72. The second-order valence-corrected chi connectivity index (χ2v) is 7.20. The standard InChI is InChI=1S/C20H25NO5/c1-11-15(18(22)25-4)16-14-10-13(24-3)7-6-12(14)8-9-20(2,21-11)17(16)19(23)26-5/h6-7,10,15-17H,8-9H2,1-5H3/t15?,16?,17?,20-/m0/s1. The zero-order valence-corrected chi connectivity index (χ0v) is 15.9. The maximum atomic E-state index is 12.8. The Morgan fingerprint density at radius 1 is 1.15 bits per heavy atom. The fourth-order valence-corrected chi connectivity index (χ4v) is 4.55. The third kappa shape index (κ3) is 2.77. The summed E-state index contributed by atoms with van der Waals surface area (Å²) in [5.74, 6) is -1.62. The Balaban J connectivity index is 2.29. The van der Waals surface area contributed by atoms with Gasteiger partial charge in [0.1, 0.15) is 11.7 Å². The number of methoxy groups -OCH3 is 3. The van der Waals surface area contributed by atoms with Crippen molar-refractivity contribution in [2.45, 2.75) is 38.1 Å². The molecule has 0 saturated carbocycles. The van der Waals surface area contributed by atoms with Gasteiger partial charge in [0.2, 0.25) is 0 Å². The summed E-state index contributed by atoms with van der Waals surface area (Å²) in [7, 11) is 4.34. The van der Waals surface area contributed by atoms with Crippen molar-refractivity contribution in [1.29, 1.82) is 0 Å². The summed E-state index contributed by atoms with van der Waals surface area (Å²) in [4.78, 5) is 30.2. The van der Waals surface area contributed by atoms with Crippen LogP contribution >= 0.6 is 0 Å². The molecule has 0 aromatic heterocycles. The summed E-state index contributed by atoms with van der Waals surface area (Å²) in [6.07, 6.45) is 1.47. The van der Waals surface area contributed by atoms with Crippen molar-refractivity contribution in [3.63, 3.8) is 0 Å². The van der Waals surface area contributed by atoms with Crippen LogP contribution in [0.1, 0.15) is 37.3 Å². The number of rotatable bonds is 3. The van der Waals surface area contributed by atoms with Crippen LogP contribution in [0.4, 0.5) is 0 Å². The average molecular weight is 359 g/mol. The molecule has 4 atom stereocenters. The van der Waals surface area contributed by atoms with Crippen LogP contribution in [0.25, 0.3) is 0 Å². The number of carbonyl (C=O) groups excluding carboxylic acids is 2. The van der Waals surface area contributed by atoms with E-state index in [0.717, 1.165) is 17.5 Å². The minimum absolute atomic E-state index is 0.349. The molecule has 3 rings (SSSR count). The van der Waals surface area contributed by atoms with E-state index < -0.39 is 23.3 Å². The highest BCUT2D eigenvalue weighted by Gasteiger charge is 2.55. The van der Waals surface area contributed by atoms with E-state index >= 15 is 0 Å². The first-order valence-corrected chi connectivity index (χ1v) is 8.75. The van der Waals surface area contributed by atoms with Crippen molar-refractivity contribution in [2.75, 3.05) is 21.3 Å². The van der Waals surface area contributed by atoms with Crippen LogP contribution in [0.15, 0.2) is 23.2 Å². The highest BCUT2D eigenvalue weighted by molar-refractivity contribution is 6.04. The lowest BCUT2D eigenvalue weighted by molar-refractivity contribution is -0.152. The van der Waals surface area contributed by atoms with Gasteiger partial charge in [-0.1, -0.05) is 6.07 Å². The first-order valence-electron chi connectivity index (χ1n) is 8.75. The maximum Gasteiger partial charge on any atom is 0.315 e. The number of hydrogen-bond donors (Lipinski definition) is 0. The predicted octanol–water partition coefficient (Wildman–Crippen LogP) is 2.54. The molecule has 2 aliphatic rings. The zero-order chi connectivity index (χ0) is 19.1. The number of esters is 2. The van der Waals surface area contributed by atoms with E-state index in [4.69, 9.17) is 19.2 Å². The number of benzene rings is 1. The lowest BCUT2D eigenvalue weighted by Gasteiger charge is -2.43. The highest BCUT2D eigenvalue weighted by Crippen LogP contribution is 2.51. The molecule has 0 fully saturated rings. The molecule has 0 spiro atoms. The zero-order valence-electron chi connectivity index (χ0n) is 15.9. The van der Waals surface area contributed by atoms with Gasteiger partial charge in [-0.3, -0.25) is 14.6 Å². The molecule has 3 unspecified atom stereocenters. The lowest BCUT2D eigenvalue weighted by atomic mass is 9.65. The van der Waals surface area contributed by atoms with Crippen LogP contribution in [0.2, 0.25) is 0 Å². The number of carbonyl (C=O) groups is 2. The quantitative estimate of drug-likeness (QED) is 0.776. The molecule has 0 radical (unpaired) electrons. The van der Waals surface area contributed by atoms with Crippen molar-refractivity contribution in [3.05, 3.63) is 29.3 Å². The summed E-state index contributed by atoms with van der Waals surface area (Å²) in [6, 6.07) is 5.84. The Morgan fingerprint density at radius 2 is 1.85 bits per heavy atom. The normalized spacial score (nSPS) is 29.7. The minimum Gasteiger partial charge on any atom is -0.497 e. The van der Waals surface area contributed by atoms with Gasteiger partial charge in [0.25, 0.3) is 0 Å². The SMILES string of the molecule is COC(=O)C1C(C)=N[C@@]2(C)CCc3ccc(OC)cc3C1C2C(=O)OC. The molecule has 0 saturated heterocycles. The Morgan fingerprint density at radius 3 is 2.46 bits per heavy atom. The summed E-state index contributed by atoms with van der Waals surface area (Å²) in [6.45, 7) is 3.81. The van der Waals surface area contributed by atoms with Crippen LogP contribution in [0.5, 0.6) is 5.75 Å². The molecular formula is C20H25NO5. The van der Waals surface area contributed by atoms with Gasteiger partial charge in [-0.25, -0.2) is 0 Å². The first kappa shape index (κ1) is 18.4. The van der Waals surface area contributed by atoms with E-state index in [-0.39, 0.29) is 11.9 Å². The van der Waals surface area contributed by atoms with E-state index in [2.05, 4.69) is 0 Å². The van der Waals surface area contributed by atoms with Gasteiger partial charge < -0.3 is 14.2 Å². The number of ether oxygens (including phenoxy) is 3. The number of aryl methyl sites for hydroxylation is 1. The molecule has 6 nitrogen and oxygen atoms in total. The monoisotopic (exact) mass is 359 g/mol. The summed E-state index contributed by atoms with van der Waals surface area (Å²) in [5, 5.41) is 0. The molecule has 0 amide bonds. The van der Waals surface area contributed by atoms with E-state index in [1.54, 1.807) is 7.11 Å². The highest BCUT2D eigenvalue weighted by atomic mass is 16.5. The molecule has 140 valence electrons. The maximum absolute atomic E-state index is 12.8. The van der Waals surface area contributed by atoms with Gasteiger partial charge >= 0.3 is 11.9 Å². The van der Waals surface area contributed by atoms with Crippen molar-refractivity contribution < 1.29 is 23.8 Å². The van der Waals surface area contributed by atoms with Crippen molar-refractivity contribution in [2.24, 2.45) is 16.8 Å². The third-order valence-corrected chi connectivity index (χ3v) is 5.79. The van der Waals surface area contributed by atoms with Crippen LogP contribution in [0, 0.1) is 11.8 Å². The molecule has 0 N–H and O–H groups in total. The molecular weight excluding hydrogens is 334 g/mol. The Bertz CT molecular complexity index is 771. The molecule has 1 aromatic carbocycles. The molecule has 1 aromatic rings. The second-order valence-electron chi connectivity index (χ2n) is 7.20. The number of nitrogens with zero attached hydrogens (tertiary/aromatic N) is 1. The lowest BCUT2D eigenvalue weighted by Crippen LogP contribution is -2.51. The summed E-state index contributed by atoms with van der Waals surface area (Å²) in [5.41, 5.74) is 2.11. The largest absolute Gasteiger partial charge is 0.497 e. The van der Waals surface area contributed by atoms with Crippen LogP contribution in [0.3, 0.4) is 0 Å². The molecule has 1 heterocycles. The van der Waals surface area contributed by atoms with Gasteiger partial charge in [-0.15, -0.1) is 0 Å². The van der Waals surface area contributed by atoms with Crippen LogP contribution in [-0.2, 0) is 25.5 Å². The van der Waals surface area contributed by atoms with Gasteiger partial charge in [0.15, 0.2) is 0 Å². The van der Waals surface area contributed by atoms with Crippen LogP contribution in [-0.4, -0.2) is 44.5 Å². The van der Waals surface area contributed by atoms with Gasteiger partial charge in [0, 0.05) is 11.6 Å². The van der Waals surface area contributed by atoms with E-state index in [1.807, 2.05) is 32.0 Å². The fourth-order valence-electron chi connectivity index (χ4n) is 4.55. The Hall–Kier alpha value is -2.37. The van der Waals surface area contributed by atoms with Gasteiger partial charge in [-0.05, 0) is 49.9 Å². The fraction of sp³-hybridized carbons (Fsp3) is 0.550. The van der Waals surface area contributed by atoms with E-state index in [0.29, 0.717) is 17.9 Å². The topological polar surface area (TPSA) is 74.2 Å². The van der Waals surface area contributed by atoms with Crippen molar-refractivity contribution in [1.82, 2.24) is 0 Å². The summed E-state index contributed by atoms with van der Waals surface area (Å²) >= 11 is 0.